The maximum Gasteiger partial charge on any atom is 0.257 e. The van der Waals surface area contributed by atoms with Gasteiger partial charge >= 0.3 is 0 Å². The van der Waals surface area contributed by atoms with Gasteiger partial charge in [-0.15, -0.1) is 0 Å². The first-order chi connectivity index (χ1) is 13.5. The summed E-state index contributed by atoms with van der Waals surface area (Å²) < 4.78 is 21.6. The van der Waals surface area contributed by atoms with E-state index in [0.717, 1.165) is 0 Å². The summed E-state index contributed by atoms with van der Waals surface area (Å²) in [5, 5.41) is 5.74. The lowest BCUT2D eigenvalue weighted by Gasteiger charge is -2.13. The predicted octanol–water partition coefficient (Wildman–Crippen LogP) is 3.62. The molecule has 0 heterocycles. The zero-order valence-electron chi connectivity index (χ0n) is 15.7. The molecular weight excluding hydrogens is 448 g/mol. The van der Waals surface area contributed by atoms with Crippen molar-refractivity contribution in [3.05, 3.63) is 46.4 Å². The number of methoxy groups -OCH3 is 3. The molecule has 0 fully saturated rings. The van der Waals surface area contributed by atoms with Gasteiger partial charge in [0.1, 0.15) is 12.4 Å². The minimum absolute atomic E-state index is 0.161. The normalized spacial score (nSPS) is 10.1. The highest BCUT2D eigenvalue weighted by molar-refractivity contribution is 9.10. The van der Waals surface area contributed by atoms with Gasteiger partial charge in [-0.2, -0.15) is 0 Å². The van der Waals surface area contributed by atoms with Crippen LogP contribution in [0.25, 0.3) is 0 Å². The summed E-state index contributed by atoms with van der Waals surface area (Å²) in [6.45, 7) is 0.894. The molecule has 0 aliphatic heterocycles. The van der Waals surface area contributed by atoms with E-state index in [1.54, 1.807) is 57.7 Å². The first-order valence-electron chi connectivity index (χ1n) is 8.24. The highest BCUT2D eigenvalue weighted by atomic mass is 79.9. The van der Waals surface area contributed by atoms with Crippen LogP contribution in [0.15, 0.2) is 40.9 Å². The third-order valence-electron chi connectivity index (χ3n) is 3.61. The van der Waals surface area contributed by atoms with E-state index in [-0.39, 0.29) is 11.0 Å². The van der Waals surface area contributed by atoms with E-state index >= 15 is 0 Å². The van der Waals surface area contributed by atoms with Gasteiger partial charge in [-0.05, 0) is 58.5 Å². The molecule has 150 valence electrons. The highest BCUT2D eigenvalue weighted by Gasteiger charge is 2.12. The van der Waals surface area contributed by atoms with Gasteiger partial charge in [0.05, 0.1) is 25.3 Å². The van der Waals surface area contributed by atoms with Crippen LogP contribution >= 0.6 is 28.1 Å². The van der Waals surface area contributed by atoms with E-state index in [2.05, 4.69) is 26.6 Å². The fourth-order valence-corrected chi connectivity index (χ4v) is 2.95. The first-order valence-corrected chi connectivity index (χ1v) is 9.44. The van der Waals surface area contributed by atoms with Crippen LogP contribution in [0.2, 0.25) is 0 Å². The summed E-state index contributed by atoms with van der Waals surface area (Å²) in [4.78, 5) is 12.4. The van der Waals surface area contributed by atoms with Gasteiger partial charge in [-0.25, -0.2) is 0 Å². The van der Waals surface area contributed by atoms with Crippen molar-refractivity contribution >= 4 is 44.9 Å². The molecule has 0 saturated heterocycles. The van der Waals surface area contributed by atoms with Crippen molar-refractivity contribution in [2.24, 2.45) is 0 Å². The molecule has 0 aromatic heterocycles. The molecule has 0 aliphatic carbocycles. The summed E-state index contributed by atoms with van der Waals surface area (Å²) in [6, 6.07) is 10.3. The van der Waals surface area contributed by atoms with Crippen LogP contribution in [0.4, 0.5) is 5.69 Å². The molecular formula is C19H21BrN2O5S. The van der Waals surface area contributed by atoms with Crippen molar-refractivity contribution in [1.82, 2.24) is 5.32 Å². The number of carbonyl (C=O) groups is 1. The quantitative estimate of drug-likeness (QED) is 0.452. The number of anilines is 1. The zero-order chi connectivity index (χ0) is 20.5. The molecule has 2 rings (SSSR count). The molecule has 7 nitrogen and oxygen atoms in total. The van der Waals surface area contributed by atoms with Crippen molar-refractivity contribution in [3.8, 4) is 17.2 Å². The molecule has 2 N–H and O–H groups in total. The second kappa shape index (κ2) is 10.8. The number of benzene rings is 2. The van der Waals surface area contributed by atoms with E-state index in [1.165, 1.54) is 0 Å². The summed E-state index contributed by atoms with van der Waals surface area (Å²) in [5.74, 6) is 1.43. The molecule has 0 unspecified atom stereocenters. The molecule has 1 amide bonds. The standard InChI is InChI=1S/C19H21BrN2O5S/c1-24-8-9-27-15-6-4-12(10-14(15)20)18(23)22-19(28)21-13-5-7-16(25-2)17(11-13)26-3/h4-7,10-11H,8-9H2,1-3H3,(H2,21,22,23,28). The number of rotatable bonds is 8. The van der Waals surface area contributed by atoms with E-state index in [4.69, 9.17) is 31.2 Å². The third kappa shape index (κ3) is 6.08. The molecule has 0 saturated carbocycles. The van der Waals surface area contributed by atoms with Crippen LogP contribution in [-0.4, -0.2) is 45.6 Å². The lowest BCUT2D eigenvalue weighted by atomic mass is 10.2. The fourth-order valence-electron chi connectivity index (χ4n) is 2.25. The van der Waals surface area contributed by atoms with E-state index in [0.29, 0.717) is 46.2 Å². The molecule has 0 spiro atoms. The number of halogens is 1. The number of amides is 1. The van der Waals surface area contributed by atoms with Crippen LogP contribution in [0.1, 0.15) is 10.4 Å². The largest absolute Gasteiger partial charge is 0.493 e. The Morgan fingerprint density at radius 3 is 2.36 bits per heavy atom. The SMILES string of the molecule is COCCOc1ccc(C(=O)NC(=S)Nc2ccc(OC)c(OC)c2)cc1Br. The first kappa shape index (κ1) is 21.9. The molecule has 0 bridgehead atoms. The van der Waals surface area contributed by atoms with E-state index in [9.17, 15) is 4.79 Å². The average Bonchev–Trinajstić information content (AvgIpc) is 2.69. The van der Waals surface area contributed by atoms with Crippen LogP contribution < -0.4 is 24.8 Å². The van der Waals surface area contributed by atoms with Crippen molar-refractivity contribution in [1.29, 1.82) is 0 Å². The van der Waals surface area contributed by atoms with Gasteiger partial charge in [0, 0.05) is 24.4 Å². The summed E-state index contributed by atoms with van der Waals surface area (Å²) in [6.07, 6.45) is 0. The topological polar surface area (TPSA) is 78.1 Å². The fraction of sp³-hybridized carbons (Fsp3) is 0.263. The van der Waals surface area contributed by atoms with Gasteiger partial charge in [0.25, 0.3) is 5.91 Å². The van der Waals surface area contributed by atoms with Crippen LogP contribution in [0.5, 0.6) is 17.2 Å². The second-order valence-corrected chi connectivity index (χ2v) is 6.73. The van der Waals surface area contributed by atoms with Crippen LogP contribution in [-0.2, 0) is 4.74 Å². The predicted molar refractivity (Wildman–Crippen MR) is 115 cm³/mol. The van der Waals surface area contributed by atoms with Crippen molar-refractivity contribution in [2.75, 3.05) is 39.9 Å². The second-order valence-electron chi connectivity index (χ2n) is 5.46. The Bertz CT molecular complexity index is 847. The lowest BCUT2D eigenvalue weighted by Crippen LogP contribution is -2.34. The van der Waals surface area contributed by atoms with Gasteiger partial charge in [0.15, 0.2) is 16.6 Å². The maximum absolute atomic E-state index is 12.4. The number of hydrogen-bond donors (Lipinski definition) is 2. The smallest absolute Gasteiger partial charge is 0.257 e. The van der Waals surface area contributed by atoms with Crippen molar-refractivity contribution in [3.63, 3.8) is 0 Å². The number of carbonyl (C=O) groups excluding carboxylic acids is 1. The lowest BCUT2D eigenvalue weighted by molar-refractivity contribution is 0.0977. The van der Waals surface area contributed by atoms with Crippen molar-refractivity contribution in [2.45, 2.75) is 0 Å². The highest BCUT2D eigenvalue weighted by Crippen LogP contribution is 2.29. The Morgan fingerprint density at radius 2 is 1.71 bits per heavy atom. The Kier molecular flexibility index (Phi) is 8.49. The minimum atomic E-state index is -0.345. The zero-order valence-corrected chi connectivity index (χ0v) is 18.1. The number of ether oxygens (including phenoxy) is 4. The molecule has 9 heteroatoms. The molecule has 2 aromatic carbocycles. The number of nitrogens with one attached hydrogen (secondary N) is 2. The average molecular weight is 469 g/mol. The summed E-state index contributed by atoms with van der Waals surface area (Å²) in [7, 11) is 4.70. The maximum atomic E-state index is 12.4. The Balaban J connectivity index is 1.98. The van der Waals surface area contributed by atoms with Gasteiger partial charge < -0.3 is 24.3 Å². The van der Waals surface area contributed by atoms with Gasteiger partial charge in [-0.1, -0.05) is 0 Å². The number of thiocarbonyl (C=S) groups is 1. The van der Waals surface area contributed by atoms with Crippen LogP contribution in [0, 0.1) is 0 Å². The molecule has 0 aliphatic rings. The Labute approximate surface area is 177 Å². The summed E-state index contributed by atoms with van der Waals surface area (Å²) >= 11 is 8.61. The molecule has 0 atom stereocenters. The number of hydrogen-bond acceptors (Lipinski definition) is 6. The molecule has 0 radical (unpaired) electrons. The van der Waals surface area contributed by atoms with E-state index < -0.39 is 0 Å². The Hall–Kier alpha value is -2.36. The monoisotopic (exact) mass is 468 g/mol. The Morgan fingerprint density at radius 1 is 1.00 bits per heavy atom. The minimum Gasteiger partial charge on any atom is -0.493 e. The van der Waals surface area contributed by atoms with Crippen molar-refractivity contribution < 1.29 is 23.7 Å². The van der Waals surface area contributed by atoms with Crippen LogP contribution in [0.3, 0.4) is 0 Å². The van der Waals surface area contributed by atoms with E-state index in [1.807, 2.05) is 0 Å². The van der Waals surface area contributed by atoms with Gasteiger partial charge in [-0.3, -0.25) is 10.1 Å². The molecule has 28 heavy (non-hydrogen) atoms. The summed E-state index contributed by atoms with van der Waals surface area (Å²) in [5.41, 5.74) is 1.09. The third-order valence-corrected chi connectivity index (χ3v) is 4.43. The molecule has 2 aromatic rings. The van der Waals surface area contributed by atoms with Gasteiger partial charge in [0.2, 0.25) is 0 Å².